The van der Waals surface area contributed by atoms with Crippen LogP contribution < -0.4 is 4.90 Å². The molecule has 72 valence electrons. The third kappa shape index (κ3) is 1.81. The van der Waals surface area contributed by atoms with Crippen molar-refractivity contribution in [2.75, 3.05) is 18.1 Å². The minimum absolute atomic E-state index is 0.222. The molecule has 1 aromatic rings. The summed E-state index contributed by atoms with van der Waals surface area (Å²) in [4.78, 5) is 6.33. The van der Waals surface area contributed by atoms with Gasteiger partial charge in [-0.15, -0.1) is 0 Å². The SMILES string of the molecule is OCC1CCCCN1c1ncns1. The van der Waals surface area contributed by atoms with Gasteiger partial charge >= 0.3 is 0 Å². The second-order valence-electron chi connectivity index (χ2n) is 3.25. The van der Waals surface area contributed by atoms with E-state index < -0.39 is 0 Å². The van der Waals surface area contributed by atoms with Gasteiger partial charge in [0.05, 0.1) is 12.6 Å². The number of aliphatic hydroxyl groups excluding tert-OH is 1. The molecule has 1 N–H and O–H groups in total. The van der Waals surface area contributed by atoms with Gasteiger partial charge in [0.15, 0.2) is 0 Å². The molecule has 1 fully saturated rings. The lowest BCUT2D eigenvalue weighted by Gasteiger charge is -2.33. The number of aromatic nitrogens is 2. The third-order valence-corrected chi connectivity index (χ3v) is 3.14. The van der Waals surface area contributed by atoms with Gasteiger partial charge in [-0.25, -0.2) is 4.98 Å². The number of rotatable bonds is 2. The van der Waals surface area contributed by atoms with Gasteiger partial charge < -0.3 is 10.0 Å². The molecule has 1 saturated heterocycles. The predicted molar refractivity (Wildman–Crippen MR) is 52.0 cm³/mol. The van der Waals surface area contributed by atoms with E-state index >= 15 is 0 Å². The van der Waals surface area contributed by atoms with E-state index in [1.807, 2.05) is 0 Å². The van der Waals surface area contributed by atoms with Crippen LogP contribution in [0.1, 0.15) is 19.3 Å². The van der Waals surface area contributed by atoms with Crippen LogP contribution in [0.4, 0.5) is 5.13 Å². The van der Waals surface area contributed by atoms with Crippen LogP contribution in [0.2, 0.25) is 0 Å². The molecule has 0 amide bonds. The Morgan fingerprint density at radius 2 is 2.54 bits per heavy atom. The van der Waals surface area contributed by atoms with E-state index in [1.54, 1.807) is 6.33 Å². The van der Waals surface area contributed by atoms with Gasteiger partial charge in [0.2, 0.25) is 5.13 Å². The van der Waals surface area contributed by atoms with Crippen LogP contribution in [-0.4, -0.2) is 33.7 Å². The number of hydrogen-bond donors (Lipinski definition) is 1. The van der Waals surface area contributed by atoms with E-state index in [2.05, 4.69) is 14.3 Å². The number of hydrogen-bond acceptors (Lipinski definition) is 5. The van der Waals surface area contributed by atoms with Crippen LogP contribution in [0.3, 0.4) is 0 Å². The zero-order valence-corrected chi connectivity index (χ0v) is 8.20. The largest absolute Gasteiger partial charge is 0.394 e. The molecular formula is C8H13N3OS. The van der Waals surface area contributed by atoms with Crippen molar-refractivity contribution in [1.29, 1.82) is 0 Å². The molecular weight excluding hydrogens is 186 g/mol. The Bertz CT molecular complexity index is 252. The van der Waals surface area contributed by atoms with Gasteiger partial charge in [-0.05, 0) is 19.3 Å². The molecule has 13 heavy (non-hydrogen) atoms. The zero-order valence-electron chi connectivity index (χ0n) is 7.39. The van der Waals surface area contributed by atoms with Crippen molar-refractivity contribution in [3.8, 4) is 0 Å². The van der Waals surface area contributed by atoms with Crippen LogP contribution in [0.15, 0.2) is 6.33 Å². The first-order valence-electron chi connectivity index (χ1n) is 4.56. The van der Waals surface area contributed by atoms with Crippen LogP contribution in [0, 0.1) is 0 Å². The number of anilines is 1. The summed E-state index contributed by atoms with van der Waals surface area (Å²) in [6.45, 7) is 1.22. The fourth-order valence-corrected chi connectivity index (χ4v) is 2.36. The molecule has 1 aliphatic heterocycles. The number of nitrogens with zero attached hydrogens (tertiary/aromatic N) is 3. The molecule has 0 bridgehead atoms. The second kappa shape index (κ2) is 4.02. The first-order valence-corrected chi connectivity index (χ1v) is 5.33. The summed E-state index contributed by atoms with van der Waals surface area (Å²) >= 11 is 1.40. The average molecular weight is 199 g/mol. The van der Waals surface area contributed by atoms with E-state index in [9.17, 15) is 5.11 Å². The Kier molecular flexibility index (Phi) is 2.75. The summed E-state index contributed by atoms with van der Waals surface area (Å²) in [7, 11) is 0. The topological polar surface area (TPSA) is 49.2 Å². The smallest absolute Gasteiger partial charge is 0.205 e. The zero-order chi connectivity index (χ0) is 9.10. The summed E-state index contributed by atoms with van der Waals surface area (Å²) in [5, 5.41) is 10.1. The Morgan fingerprint density at radius 1 is 1.62 bits per heavy atom. The highest BCUT2D eigenvalue weighted by molar-refractivity contribution is 7.09. The minimum atomic E-state index is 0.222. The van der Waals surface area contributed by atoms with Gasteiger partial charge in [0, 0.05) is 18.1 Å². The van der Waals surface area contributed by atoms with Crippen LogP contribution >= 0.6 is 11.5 Å². The first-order chi connectivity index (χ1) is 6.42. The predicted octanol–water partition coefficient (Wildman–Crippen LogP) is 0.889. The molecule has 2 rings (SSSR count). The molecule has 0 spiro atoms. The summed E-state index contributed by atoms with van der Waals surface area (Å²) in [5.74, 6) is 0. The first kappa shape index (κ1) is 8.90. The Hall–Kier alpha value is -0.680. The maximum Gasteiger partial charge on any atom is 0.205 e. The van der Waals surface area contributed by atoms with E-state index in [1.165, 1.54) is 24.4 Å². The van der Waals surface area contributed by atoms with Gasteiger partial charge in [-0.3, -0.25) is 0 Å². The lowest BCUT2D eigenvalue weighted by Crippen LogP contribution is -2.41. The molecule has 5 heteroatoms. The molecule has 1 unspecified atom stereocenters. The second-order valence-corrected chi connectivity index (χ2v) is 4.01. The average Bonchev–Trinajstić information content (AvgIpc) is 2.70. The molecule has 0 saturated carbocycles. The van der Waals surface area contributed by atoms with E-state index in [0.29, 0.717) is 0 Å². The fraction of sp³-hybridized carbons (Fsp3) is 0.750. The van der Waals surface area contributed by atoms with Crippen molar-refractivity contribution in [1.82, 2.24) is 9.36 Å². The number of piperidine rings is 1. The molecule has 0 aromatic carbocycles. The van der Waals surface area contributed by atoms with E-state index in [-0.39, 0.29) is 12.6 Å². The Labute approximate surface area is 81.4 Å². The van der Waals surface area contributed by atoms with Crippen LogP contribution in [0.25, 0.3) is 0 Å². The van der Waals surface area contributed by atoms with Gasteiger partial charge in [-0.2, -0.15) is 4.37 Å². The number of aliphatic hydroxyl groups is 1. The van der Waals surface area contributed by atoms with Crippen molar-refractivity contribution in [3.63, 3.8) is 0 Å². The maximum atomic E-state index is 9.18. The van der Waals surface area contributed by atoms with Gasteiger partial charge in [0.25, 0.3) is 0 Å². The molecule has 1 atom stereocenters. The maximum absolute atomic E-state index is 9.18. The quantitative estimate of drug-likeness (QED) is 0.768. The van der Waals surface area contributed by atoms with Crippen molar-refractivity contribution in [3.05, 3.63) is 6.33 Å². The van der Waals surface area contributed by atoms with Crippen molar-refractivity contribution in [2.45, 2.75) is 25.3 Å². The summed E-state index contributed by atoms with van der Waals surface area (Å²) in [6, 6.07) is 0.252. The van der Waals surface area contributed by atoms with E-state index in [0.717, 1.165) is 18.1 Å². The summed E-state index contributed by atoms with van der Waals surface area (Å²) in [5.41, 5.74) is 0. The Balaban J connectivity index is 2.11. The summed E-state index contributed by atoms with van der Waals surface area (Å²) < 4.78 is 3.97. The molecule has 1 aromatic heterocycles. The fourth-order valence-electron chi connectivity index (χ4n) is 1.74. The lowest BCUT2D eigenvalue weighted by molar-refractivity contribution is 0.240. The van der Waals surface area contributed by atoms with Crippen LogP contribution in [-0.2, 0) is 0 Å². The Morgan fingerprint density at radius 3 is 3.23 bits per heavy atom. The van der Waals surface area contributed by atoms with Crippen molar-refractivity contribution < 1.29 is 5.11 Å². The normalized spacial score (nSPS) is 23.5. The monoisotopic (exact) mass is 199 g/mol. The lowest BCUT2D eigenvalue weighted by atomic mass is 10.0. The molecule has 2 heterocycles. The molecule has 4 nitrogen and oxygen atoms in total. The third-order valence-electron chi connectivity index (χ3n) is 2.43. The van der Waals surface area contributed by atoms with Crippen molar-refractivity contribution >= 4 is 16.7 Å². The highest BCUT2D eigenvalue weighted by atomic mass is 32.1. The highest BCUT2D eigenvalue weighted by Crippen LogP contribution is 2.24. The van der Waals surface area contributed by atoms with Crippen molar-refractivity contribution in [2.24, 2.45) is 0 Å². The highest BCUT2D eigenvalue weighted by Gasteiger charge is 2.23. The van der Waals surface area contributed by atoms with E-state index in [4.69, 9.17) is 0 Å². The summed E-state index contributed by atoms with van der Waals surface area (Å²) in [6.07, 6.45) is 5.04. The van der Waals surface area contributed by atoms with Gasteiger partial charge in [-0.1, -0.05) is 0 Å². The molecule has 0 radical (unpaired) electrons. The minimum Gasteiger partial charge on any atom is -0.394 e. The molecule has 0 aliphatic carbocycles. The molecule has 1 aliphatic rings. The van der Waals surface area contributed by atoms with Crippen LogP contribution in [0.5, 0.6) is 0 Å². The van der Waals surface area contributed by atoms with Gasteiger partial charge in [0.1, 0.15) is 6.33 Å². The standard InChI is InChI=1S/C8H13N3OS/c12-5-7-3-1-2-4-11(7)8-9-6-10-13-8/h6-7,12H,1-5H2.